The van der Waals surface area contributed by atoms with Crippen LogP contribution in [0.3, 0.4) is 0 Å². The number of imidazole rings is 1. The van der Waals surface area contributed by atoms with Crippen molar-refractivity contribution in [1.82, 2.24) is 14.1 Å². The van der Waals surface area contributed by atoms with Gasteiger partial charge < -0.3 is 13.9 Å². The van der Waals surface area contributed by atoms with E-state index in [1.807, 2.05) is 12.3 Å². The largest absolute Gasteiger partial charge is 0.510 e. The topological polar surface area (TPSA) is 35.9 Å². The Balaban J connectivity index is 0.00000567. The summed E-state index contributed by atoms with van der Waals surface area (Å²) >= 11 is 0. The summed E-state index contributed by atoms with van der Waals surface area (Å²) in [6.45, 7) is 34.0. The molecule has 3 heterocycles. The van der Waals surface area contributed by atoms with E-state index in [1.54, 1.807) is 0 Å². The fraction of sp³-hybridized carbons (Fsp3) is 0.385. The van der Waals surface area contributed by atoms with Gasteiger partial charge in [-0.1, -0.05) is 140 Å². The van der Waals surface area contributed by atoms with Crippen LogP contribution >= 0.6 is 0 Å². The summed E-state index contributed by atoms with van der Waals surface area (Å²) in [5, 5.41) is 2.25. The van der Waals surface area contributed by atoms with E-state index in [4.69, 9.17) is 9.72 Å². The number of rotatable bonds is 5. The molecule has 7 rings (SSSR count). The zero-order valence-electron chi connectivity index (χ0n) is 37.2. The molecular weight excluding hydrogens is 892 g/mol. The molecule has 5 nitrogen and oxygen atoms in total. The van der Waals surface area contributed by atoms with Crippen LogP contribution in [0.4, 0.5) is 0 Å². The predicted molar refractivity (Wildman–Crippen MR) is 236 cm³/mol. The second kappa shape index (κ2) is 15.0. The Morgan fingerprint density at radius 3 is 1.86 bits per heavy atom. The van der Waals surface area contributed by atoms with Crippen molar-refractivity contribution in [3.63, 3.8) is 0 Å². The number of fused-ring (bicyclic) bond motifs is 3. The van der Waals surface area contributed by atoms with Crippen LogP contribution in [-0.2, 0) is 48.1 Å². The fourth-order valence-electron chi connectivity index (χ4n) is 7.70. The maximum Gasteiger partial charge on any atom is 0.267 e. The molecule has 0 aliphatic heterocycles. The van der Waals surface area contributed by atoms with Crippen molar-refractivity contribution >= 4 is 21.8 Å². The van der Waals surface area contributed by atoms with Crippen LogP contribution in [0.15, 0.2) is 91.1 Å². The first-order valence-electron chi connectivity index (χ1n) is 20.3. The van der Waals surface area contributed by atoms with Crippen molar-refractivity contribution in [3.05, 3.63) is 138 Å². The van der Waals surface area contributed by atoms with Gasteiger partial charge in [0.1, 0.15) is 5.82 Å². The molecule has 58 heavy (non-hydrogen) atoms. The molecule has 0 amide bonds. The van der Waals surface area contributed by atoms with Crippen LogP contribution in [0.25, 0.3) is 39.0 Å². The van der Waals surface area contributed by atoms with Gasteiger partial charge in [-0.25, -0.2) is 4.98 Å². The molecule has 0 fully saturated rings. The third kappa shape index (κ3) is 8.35. The van der Waals surface area contributed by atoms with Gasteiger partial charge in [-0.05, 0) is 79.6 Å². The van der Waals surface area contributed by atoms with Crippen molar-refractivity contribution in [2.24, 2.45) is 0 Å². The van der Waals surface area contributed by atoms with Gasteiger partial charge in [0, 0.05) is 44.3 Å². The molecule has 0 bridgehead atoms. The first kappa shape index (κ1) is 43.1. The predicted octanol–water partition coefficient (Wildman–Crippen LogP) is 12.9. The van der Waals surface area contributed by atoms with Crippen molar-refractivity contribution in [2.75, 3.05) is 0 Å². The number of aromatic nitrogens is 4. The summed E-state index contributed by atoms with van der Waals surface area (Å²) in [7, 11) is 0. The second-order valence-corrected chi connectivity index (χ2v) is 20.8. The van der Waals surface area contributed by atoms with E-state index in [0.717, 1.165) is 44.6 Å². The number of hydrogen-bond acceptors (Lipinski definition) is 2. The fourth-order valence-corrected chi connectivity index (χ4v) is 7.70. The number of benzene rings is 4. The Morgan fingerprint density at radius 2 is 1.22 bits per heavy atom. The van der Waals surface area contributed by atoms with Crippen molar-refractivity contribution in [3.8, 4) is 28.7 Å². The molecule has 0 spiro atoms. The van der Waals surface area contributed by atoms with Crippen LogP contribution in [0.1, 0.15) is 132 Å². The Labute approximate surface area is 361 Å². The standard InChI is InChI=1S/C52H60N4O.Pt/c1-48(2,3)34-19-18-20-37(27-34)54-33-55(47(52(13,14)15)46(54)51(10,11)12)38-28-36(50(7,8)9)29-40(31-38)57-39-23-24-42-41-21-16-17-22-43(41)56(44(42)32-39)45-30-35(25-26-53-45)49(4,5)6;/h16-30H,1-15H3;/q-2;. The summed E-state index contributed by atoms with van der Waals surface area (Å²) in [5.74, 6) is 2.10. The van der Waals surface area contributed by atoms with Crippen molar-refractivity contribution in [1.29, 1.82) is 0 Å². The minimum atomic E-state index is -0.219. The van der Waals surface area contributed by atoms with Crippen LogP contribution in [-0.4, -0.2) is 14.1 Å². The van der Waals surface area contributed by atoms with E-state index in [1.165, 1.54) is 22.5 Å². The van der Waals surface area contributed by atoms with Crippen LogP contribution < -0.4 is 9.30 Å². The quantitative estimate of drug-likeness (QED) is 0.127. The SMILES string of the molecule is CC(C)(C)c1cc(Oc2[c-]c3c(cc2)c2ccccc2n3-c2cc(C(C)(C)C)ccn2)[c-]c(-n2[c-][n+](-c3cccc(C(C)(C)C)c3)c(C(C)(C)C)c2C(C)(C)C)c1.[Pt]. The normalized spacial score (nSPS) is 12.9. The van der Waals surface area contributed by atoms with Gasteiger partial charge in [-0.3, -0.25) is 4.57 Å². The zero-order chi connectivity index (χ0) is 41.5. The first-order valence-corrected chi connectivity index (χ1v) is 20.3. The third-order valence-corrected chi connectivity index (χ3v) is 10.8. The Bertz CT molecular complexity index is 2620. The van der Waals surface area contributed by atoms with E-state index in [9.17, 15) is 0 Å². The van der Waals surface area contributed by atoms with Crippen molar-refractivity contribution < 1.29 is 30.4 Å². The maximum atomic E-state index is 6.84. The monoisotopic (exact) mass is 951 g/mol. The van der Waals surface area contributed by atoms with E-state index < -0.39 is 0 Å². The summed E-state index contributed by atoms with van der Waals surface area (Å²) in [5.41, 5.74) is 9.46. The van der Waals surface area contributed by atoms with Gasteiger partial charge in [0.15, 0.2) is 0 Å². The molecule has 0 radical (unpaired) electrons. The summed E-state index contributed by atoms with van der Waals surface area (Å²) in [4.78, 5) is 4.87. The number of ether oxygens (including phenoxy) is 1. The number of pyridine rings is 1. The Hall–Kier alpha value is -4.47. The average molecular weight is 952 g/mol. The number of para-hydroxylation sites is 1. The molecule has 7 aromatic rings. The van der Waals surface area contributed by atoms with Crippen LogP contribution in [0.5, 0.6) is 11.5 Å². The molecule has 0 saturated heterocycles. The first-order chi connectivity index (χ1) is 26.4. The summed E-state index contributed by atoms with van der Waals surface area (Å²) in [6.07, 6.45) is 5.76. The summed E-state index contributed by atoms with van der Waals surface area (Å²) in [6, 6.07) is 37.6. The molecular formula is C52H60N4OPt-2. The number of hydrogen-bond donors (Lipinski definition) is 0. The minimum Gasteiger partial charge on any atom is -0.510 e. The smallest absolute Gasteiger partial charge is 0.267 e. The van der Waals surface area contributed by atoms with Gasteiger partial charge in [0.05, 0.1) is 17.1 Å². The molecule has 6 heteroatoms. The molecule has 0 unspecified atom stereocenters. The molecule has 4 aromatic carbocycles. The average Bonchev–Trinajstić information content (AvgIpc) is 3.68. The maximum absolute atomic E-state index is 6.84. The van der Waals surface area contributed by atoms with E-state index in [0.29, 0.717) is 11.5 Å². The van der Waals surface area contributed by atoms with E-state index in [-0.39, 0.29) is 48.1 Å². The number of nitrogens with zero attached hydrogens (tertiary/aromatic N) is 4. The van der Waals surface area contributed by atoms with Gasteiger partial charge in [-0.15, -0.1) is 29.7 Å². The molecule has 306 valence electrons. The minimum absolute atomic E-state index is 0. The molecule has 0 saturated carbocycles. The van der Waals surface area contributed by atoms with Gasteiger partial charge in [0.25, 0.3) is 6.33 Å². The van der Waals surface area contributed by atoms with Gasteiger partial charge in [0.2, 0.25) is 0 Å². The third-order valence-electron chi connectivity index (χ3n) is 10.8. The molecule has 0 aliphatic carbocycles. The second-order valence-electron chi connectivity index (χ2n) is 20.8. The Kier molecular flexibility index (Phi) is 11.1. The van der Waals surface area contributed by atoms with E-state index >= 15 is 0 Å². The van der Waals surface area contributed by atoms with Crippen LogP contribution in [0.2, 0.25) is 0 Å². The Morgan fingerprint density at radius 1 is 0.569 bits per heavy atom. The van der Waals surface area contributed by atoms with Gasteiger partial charge in [-0.2, -0.15) is 17.7 Å². The molecule has 3 aromatic heterocycles. The van der Waals surface area contributed by atoms with E-state index in [2.05, 4.69) is 215 Å². The van der Waals surface area contributed by atoms with Crippen LogP contribution in [0, 0.1) is 18.5 Å². The van der Waals surface area contributed by atoms with Gasteiger partial charge >= 0.3 is 0 Å². The molecule has 0 atom stereocenters. The molecule has 0 aliphatic rings. The summed E-state index contributed by atoms with van der Waals surface area (Å²) < 4.78 is 13.5. The zero-order valence-corrected chi connectivity index (χ0v) is 39.4. The molecule has 0 N–H and O–H groups in total. The van der Waals surface area contributed by atoms with Crippen molar-refractivity contribution in [2.45, 2.75) is 131 Å².